The third-order valence-corrected chi connectivity index (χ3v) is 7.39. The van der Waals surface area contributed by atoms with E-state index in [2.05, 4.69) is 10.1 Å². The first kappa shape index (κ1) is 21.5. The number of aromatic nitrogens is 5. The van der Waals surface area contributed by atoms with Crippen LogP contribution in [0.5, 0.6) is 0 Å². The Morgan fingerprint density at radius 1 is 0.971 bits per heavy atom. The summed E-state index contributed by atoms with van der Waals surface area (Å²) in [6.07, 6.45) is 1.58. The summed E-state index contributed by atoms with van der Waals surface area (Å²) in [6.45, 7) is 0.125. The average Bonchev–Trinajstić information content (AvgIpc) is 3.49. The largest absolute Gasteiger partial charge is 0.336 e. The number of thiophene rings is 1. The van der Waals surface area contributed by atoms with Crippen LogP contribution in [0.2, 0.25) is 5.02 Å². The van der Waals surface area contributed by atoms with E-state index in [0.29, 0.717) is 26.8 Å². The minimum atomic E-state index is -0.449. The second kappa shape index (κ2) is 8.33. The highest BCUT2D eigenvalue weighted by Gasteiger charge is 2.21. The number of benzene rings is 3. The molecule has 3 heterocycles. The second-order valence-electron chi connectivity index (χ2n) is 8.15. The van der Waals surface area contributed by atoms with Crippen molar-refractivity contribution < 1.29 is 0 Å². The predicted molar refractivity (Wildman–Crippen MR) is 140 cm³/mol. The summed E-state index contributed by atoms with van der Waals surface area (Å²) in [6, 6.07) is 22.6. The van der Waals surface area contributed by atoms with Crippen molar-refractivity contribution in [1.82, 2.24) is 23.9 Å². The van der Waals surface area contributed by atoms with Crippen molar-refractivity contribution in [3.8, 4) is 16.1 Å². The molecule has 9 heteroatoms. The molecule has 7 nitrogen and oxygen atoms in total. The van der Waals surface area contributed by atoms with Crippen LogP contribution in [0.3, 0.4) is 0 Å². The van der Waals surface area contributed by atoms with E-state index in [4.69, 9.17) is 11.6 Å². The highest BCUT2D eigenvalue weighted by atomic mass is 35.5. The van der Waals surface area contributed by atoms with E-state index in [-0.39, 0.29) is 12.1 Å². The molecule has 172 valence electrons. The zero-order valence-corrected chi connectivity index (χ0v) is 20.1. The Labute approximate surface area is 208 Å². The average molecular weight is 500 g/mol. The van der Waals surface area contributed by atoms with Crippen molar-refractivity contribution >= 4 is 43.9 Å². The molecule has 0 aliphatic rings. The highest BCUT2D eigenvalue weighted by molar-refractivity contribution is 7.22. The summed E-state index contributed by atoms with van der Waals surface area (Å²) in [5.41, 5.74) is 1.06. The molecule has 0 amide bonds. The van der Waals surface area contributed by atoms with Gasteiger partial charge in [-0.1, -0.05) is 66.2 Å². The smallest absolute Gasteiger partial charge is 0.284 e. The normalized spacial score (nSPS) is 11.5. The van der Waals surface area contributed by atoms with Gasteiger partial charge in [0.05, 0.1) is 17.7 Å². The van der Waals surface area contributed by atoms with E-state index in [0.717, 1.165) is 21.2 Å². The van der Waals surface area contributed by atoms with Gasteiger partial charge in [-0.15, -0.1) is 11.3 Å². The van der Waals surface area contributed by atoms with Crippen molar-refractivity contribution in [3.63, 3.8) is 0 Å². The van der Waals surface area contributed by atoms with Crippen LogP contribution < -0.4 is 11.2 Å². The lowest BCUT2D eigenvalue weighted by atomic mass is 10.1. The Balaban J connectivity index is 1.69. The third kappa shape index (κ3) is 3.58. The van der Waals surface area contributed by atoms with Crippen LogP contribution in [-0.2, 0) is 13.6 Å². The topological polar surface area (TPSA) is 74.7 Å². The van der Waals surface area contributed by atoms with Gasteiger partial charge in [0.15, 0.2) is 5.82 Å². The number of nitrogens with zero attached hydrogens (tertiary/aromatic N) is 5. The number of hydrogen-bond donors (Lipinski definition) is 0. The van der Waals surface area contributed by atoms with Crippen LogP contribution in [0.15, 0.2) is 88.7 Å². The molecule has 3 aromatic carbocycles. The summed E-state index contributed by atoms with van der Waals surface area (Å²) in [4.78, 5) is 32.8. The summed E-state index contributed by atoms with van der Waals surface area (Å²) in [5.74, 6) is 0.476. The number of hydrogen-bond acceptors (Lipinski definition) is 5. The van der Waals surface area contributed by atoms with Gasteiger partial charge in [0.25, 0.3) is 5.56 Å². The van der Waals surface area contributed by atoms with E-state index >= 15 is 0 Å². The van der Waals surface area contributed by atoms with E-state index in [1.54, 1.807) is 34.8 Å². The number of fused-ring (bicyclic) bond motifs is 2. The fourth-order valence-electron chi connectivity index (χ4n) is 4.31. The van der Waals surface area contributed by atoms with Crippen LogP contribution in [-0.4, -0.2) is 23.9 Å². The van der Waals surface area contributed by atoms with E-state index in [1.165, 1.54) is 15.9 Å². The molecule has 0 bridgehead atoms. The zero-order chi connectivity index (χ0) is 24.1. The summed E-state index contributed by atoms with van der Waals surface area (Å²) in [7, 11) is 1.77. The van der Waals surface area contributed by atoms with Crippen LogP contribution in [0.1, 0.15) is 5.82 Å². The Morgan fingerprint density at radius 3 is 2.54 bits per heavy atom. The summed E-state index contributed by atoms with van der Waals surface area (Å²) in [5, 5.41) is 6.69. The first-order chi connectivity index (χ1) is 17.0. The Bertz CT molecular complexity index is 1860. The van der Waals surface area contributed by atoms with Gasteiger partial charge in [-0.3, -0.25) is 14.0 Å². The number of halogens is 1. The molecule has 0 aliphatic carbocycles. The maximum absolute atomic E-state index is 13.9. The Kier molecular flexibility index (Phi) is 5.12. The monoisotopic (exact) mass is 499 g/mol. The number of aryl methyl sites for hydroxylation is 1. The van der Waals surface area contributed by atoms with Gasteiger partial charge in [0, 0.05) is 27.9 Å². The van der Waals surface area contributed by atoms with Crippen molar-refractivity contribution in [2.75, 3.05) is 0 Å². The molecular weight excluding hydrogens is 482 g/mol. The SMILES string of the molecule is Cn1cnc(Cn2c(=O)n(-c3cccc4ccccc34)c(=O)c3sc(-c4ccccc4Cl)cc32)n1. The van der Waals surface area contributed by atoms with Crippen molar-refractivity contribution in [1.29, 1.82) is 0 Å². The second-order valence-corrected chi connectivity index (χ2v) is 9.61. The van der Waals surface area contributed by atoms with Gasteiger partial charge in [0.1, 0.15) is 11.0 Å². The first-order valence-corrected chi connectivity index (χ1v) is 12.1. The number of rotatable bonds is 4. The Morgan fingerprint density at radius 2 is 1.74 bits per heavy atom. The molecule has 0 aliphatic heterocycles. The molecule has 0 fully saturated rings. The molecule has 0 atom stereocenters. The molecule has 0 saturated heterocycles. The van der Waals surface area contributed by atoms with Gasteiger partial charge in [-0.25, -0.2) is 14.3 Å². The van der Waals surface area contributed by atoms with Gasteiger partial charge in [-0.05, 0) is 23.6 Å². The predicted octanol–water partition coefficient (Wildman–Crippen LogP) is 4.86. The lowest BCUT2D eigenvalue weighted by Crippen LogP contribution is -2.39. The van der Waals surface area contributed by atoms with Crippen molar-refractivity contribution in [2.24, 2.45) is 7.05 Å². The van der Waals surface area contributed by atoms with Crippen molar-refractivity contribution in [2.45, 2.75) is 6.54 Å². The van der Waals surface area contributed by atoms with Crippen LogP contribution >= 0.6 is 22.9 Å². The van der Waals surface area contributed by atoms with Gasteiger partial charge >= 0.3 is 5.69 Å². The molecule has 0 unspecified atom stereocenters. The molecule has 6 aromatic rings. The van der Waals surface area contributed by atoms with Crippen LogP contribution in [0.25, 0.3) is 37.1 Å². The summed E-state index contributed by atoms with van der Waals surface area (Å²) < 4.78 is 4.86. The molecule has 3 aromatic heterocycles. The van der Waals surface area contributed by atoms with Gasteiger partial charge in [-0.2, -0.15) is 5.10 Å². The van der Waals surface area contributed by atoms with Gasteiger partial charge < -0.3 is 0 Å². The van der Waals surface area contributed by atoms with Gasteiger partial charge in [0.2, 0.25) is 0 Å². The Hall–Kier alpha value is -4.01. The van der Waals surface area contributed by atoms with E-state index in [9.17, 15) is 9.59 Å². The first-order valence-electron chi connectivity index (χ1n) is 10.9. The zero-order valence-electron chi connectivity index (χ0n) is 18.6. The fourth-order valence-corrected chi connectivity index (χ4v) is 5.73. The van der Waals surface area contributed by atoms with E-state index < -0.39 is 5.69 Å². The lowest BCUT2D eigenvalue weighted by molar-refractivity contribution is 0.670. The van der Waals surface area contributed by atoms with Crippen LogP contribution in [0, 0.1) is 0 Å². The molecule has 6 rings (SSSR count). The minimum Gasteiger partial charge on any atom is -0.284 e. The standard InChI is InChI=1S/C26H18ClN5O2S/c1-30-15-28-23(29-30)14-31-21-13-22(18-10-4-5-11-19(18)27)35-24(21)25(33)32(26(31)34)20-12-6-8-16-7-2-3-9-17(16)20/h2-13,15H,14H2,1H3. The molecule has 0 spiro atoms. The third-order valence-electron chi connectivity index (χ3n) is 5.92. The quantitative estimate of drug-likeness (QED) is 0.347. The highest BCUT2D eigenvalue weighted by Crippen LogP contribution is 2.35. The summed E-state index contributed by atoms with van der Waals surface area (Å²) >= 11 is 7.77. The maximum Gasteiger partial charge on any atom is 0.336 e. The van der Waals surface area contributed by atoms with Crippen molar-refractivity contribution in [3.05, 3.63) is 111 Å². The molecule has 0 saturated carbocycles. The fraction of sp³-hybridized carbons (Fsp3) is 0.0769. The molecule has 35 heavy (non-hydrogen) atoms. The minimum absolute atomic E-state index is 0.125. The molecule has 0 radical (unpaired) electrons. The molecular formula is C26H18ClN5O2S. The maximum atomic E-state index is 13.9. The lowest BCUT2D eigenvalue weighted by Gasteiger charge is -2.13. The molecule has 0 N–H and O–H groups in total. The van der Waals surface area contributed by atoms with E-state index in [1.807, 2.05) is 60.7 Å². The van der Waals surface area contributed by atoms with Crippen LogP contribution in [0.4, 0.5) is 0 Å².